The lowest BCUT2D eigenvalue weighted by molar-refractivity contribution is -0.119. The van der Waals surface area contributed by atoms with Crippen LogP contribution in [0.4, 0.5) is 0 Å². The second kappa shape index (κ2) is 7.78. The summed E-state index contributed by atoms with van der Waals surface area (Å²) in [6, 6.07) is 10.8. The van der Waals surface area contributed by atoms with Crippen molar-refractivity contribution in [2.45, 2.75) is 26.3 Å². The fourth-order valence-electron chi connectivity index (χ4n) is 2.11. The molecule has 0 aliphatic rings. The lowest BCUT2D eigenvalue weighted by Gasteiger charge is -2.13. The van der Waals surface area contributed by atoms with Crippen LogP contribution < -0.4 is 15.8 Å². The minimum Gasteiger partial charge on any atom is -0.484 e. The normalized spacial score (nSPS) is 11.7. The highest BCUT2D eigenvalue weighted by atomic mass is 32.1. The Morgan fingerprint density at radius 3 is 2.48 bits per heavy atom. The highest BCUT2D eigenvalue weighted by Gasteiger charge is 2.11. The zero-order valence-corrected chi connectivity index (χ0v) is 14.0. The van der Waals surface area contributed by atoms with Gasteiger partial charge in [0.25, 0.3) is 11.8 Å². The lowest BCUT2D eigenvalue weighted by atomic mass is 10.1. The topological polar surface area (TPSA) is 81.4 Å². The van der Waals surface area contributed by atoms with Crippen LogP contribution in [-0.4, -0.2) is 24.5 Å². The predicted molar refractivity (Wildman–Crippen MR) is 90.8 cm³/mol. The van der Waals surface area contributed by atoms with E-state index in [1.807, 2.05) is 6.92 Å². The number of benzene rings is 1. The van der Waals surface area contributed by atoms with Crippen molar-refractivity contribution in [3.63, 3.8) is 0 Å². The van der Waals surface area contributed by atoms with E-state index in [1.54, 1.807) is 35.6 Å². The average Bonchev–Trinajstić information content (AvgIpc) is 2.90. The average molecular weight is 332 g/mol. The van der Waals surface area contributed by atoms with Gasteiger partial charge in [-0.15, -0.1) is 11.3 Å². The number of primary amides is 1. The monoisotopic (exact) mass is 332 g/mol. The van der Waals surface area contributed by atoms with Crippen LogP contribution in [0.25, 0.3) is 0 Å². The third-order valence-electron chi connectivity index (χ3n) is 3.18. The van der Waals surface area contributed by atoms with Crippen LogP contribution in [0.15, 0.2) is 36.4 Å². The van der Waals surface area contributed by atoms with Gasteiger partial charge >= 0.3 is 0 Å². The Morgan fingerprint density at radius 2 is 1.91 bits per heavy atom. The zero-order valence-electron chi connectivity index (χ0n) is 13.2. The molecule has 0 aliphatic carbocycles. The summed E-state index contributed by atoms with van der Waals surface area (Å²) in [7, 11) is 0. The number of nitrogens with two attached hydrogens (primary N) is 1. The van der Waals surface area contributed by atoms with Crippen molar-refractivity contribution in [3.05, 3.63) is 51.7 Å². The first-order valence-electron chi connectivity index (χ1n) is 7.31. The minimum atomic E-state index is -0.538. The summed E-state index contributed by atoms with van der Waals surface area (Å²) in [6.45, 7) is 3.87. The summed E-state index contributed by atoms with van der Waals surface area (Å²) >= 11 is 1.74. The third kappa shape index (κ3) is 5.41. The van der Waals surface area contributed by atoms with E-state index in [0.29, 0.717) is 11.3 Å². The van der Waals surface area contributed by atoms with E-state index >= 15 is 0 Å². The molecular formula is C17H20N2O3S. The molecule has 2 aromatic rings. The molecule has 1 atom stereocenters. The SMILES string of the molecule is Cc1ccc(CC(C)NC(=O)c2ccc(OCC(N)=O)cc2)s1. The number of ether oxygens (including phenoxy) is 1. The quantitative estimate of drug-likeness (QED) is 0.816. The van der Waals surface area contributed by atoms with Crippen LogP contribution in [0.2, 0.25) is 0 Å². The molecule has 1 aromatic heterocycles. The van der Waals surface area contributed by atoms with Crippen molar-refractivity contribution in [1.29, 1.82) is 0 Å². The molecule has 0 spiro atoms. The Labute approximate surface area is 139 Å². The second-order valence-electron chi connectivity index (χ2n) is 5.37. The summed E-state index contributed by atoms with van der Waals surface area (Å²) < 4.78 is 5.16. The number of rotatable bonds is 7. The van der Waals surface area contributed by atoms with Crippen molar-refractivity contribution < 1.29 is 14.3 Å². The fourth-order valence-corrected chi connectivity index (χ4v) is 3.13. The van der Waals surface area contributed by atoms with Crippen LogP contribution >= 0.6 is 11.3 Å². The van der Waals surface area contributed by atoms with Crippen LogP contribution in [0.5, 0.6) is 5.75 Å². The second-order valence-corrected chi connectivity index (χ2v) is 6.74. The van der Waals surface area contributed by atoms with Crippen molar-refractivity contribution >= 4 is 23.2 Å². The Balaban J connectivity index is 1.88. The summed E-state index contributed by atoms with van der Waals surface area (Å²) in [5, 5.41) is 2.98. The number of carbonyl (C=O) groups is 2. The van der Waals surface area contributed by atoms with Gasteiger partial charge in [-0.25, -0.2) is 0 Å². The molecule has 1 unspecified atom stereocenters. The van der Waals surface area contributed by atoms with E-state index < -0.39 is 5.91 Å². The molecule has 2 amide bonds. The maximum Gasteiger partial charge on any atom is 0.255 e. The van der Waals surface area contributed by atoms with Gasteiger partial charge in [0.05, 0.1) is 0 Å². The van der Waals surface area contributed by atoms with Gasteiger partial charge in [0.2, 0.25) is 0 Å². The molecule has 0 aliphatic heterocycles. The maximum atomic E-state index is 12.2. The summed E-state index contributed by atoms with van der Waals surface area (Å²) in [6.07, 6.45) is 0.810. The molecule has 23 heavy (non-hydrogen) atoms. The van der Waals surface area contributed by atoms with Gasteiger partial charge in [-0.2, -0.15) is 0 Å². The van der Waals surface area contributed by atoms with E-state index in [1.165, 1.54) is 9.75 Å². The van der Waals surface area contributed by atoms with Crippen LogP contribution in [0, 0.1) is 6.92 Å². The zero-order chi connectivity index (χ0) is 16.8. The molecule has 1 heterocycles. The third-order valence-corrected chi connectivity index (χ3v) is 4.20. The highest BCUT2D eigenvalue weighted by molar-refractivity contribution is 7.11. The van der Waals surface area contributed by atoms with Crippen molar-refractivity contribution in [2.24, 2.45) is 5.73 Å². The molecule has 1 aromatic carbocycles. The van der Waals surface area contributed by atoms with E-state index in [0.717, 1.165) is 6.42 Å². The molecule has 0 bridgehead atoms. The van der Waals surface area contributed by atoms with E-state index in [-0.39, 0.29) is 18.6 Å². The number of amides is 2. The van der Waals surface area contributed by atoms with E-state index in [2.05, 4.69) is 24.4 Å². The Bertz CT molecular complexity index is 679. The Morgan fingerprint density at radius 1 is 1.22 bits per heavy atom. The van der Waals surface area contributed by atoms with Gasteiger partial charge in [-0.1, -0.05) is 0 Å². The molecule has 3 N–H and O–H groups in total. The number of carbonyl (C=O) groups excluding carboxylic acids is 2. The minimum absolute atomic E-state index is 0.0475. The van der Waals surface area contributed by atoms with Crippen molar-refractivity contribution in [3.8, 4) is 5.75 Å². The molecule has 122 valence electrons. The smallest absolute Gasteiger partial charge is 0.255 e. The lowest BCUT2D eigenvalue weighted by Crippen LogP contribution is -2.33. The Kier molecular flexibility index (Phi) is 5.76. The number of aryl methyl sites for hydroxylation is 1. The van der Waals surface area contributed by atoms with Crippen LogP contribution in [-0.2, 0) is 11.2 Å². The fraction of sp³-hybridized carbons (Fsp3) is 0.294. The Hall–Kier alpha value is -2.34. The van der Waals surface area contributed by atoms with E-state index in [9.17, 15) is 9.59 Å². The molecule has 0 fully saturated rings. The van der Waals surface area contributed by atoms with Crippen molar-refractivity contribution in [2.75, 3.05) is 6.61 Å². The van der Waals surface area contributed by atoms with Gasteiger partial charge in [0, 0.05) is 27.8 Å². The van der Waals surface area contributed by atoms with Crippen LogP contribution in [0.3, 0.4) is 0 Å². The molecular weight excluding hydrogens is 312 g/mol. The van der Waals surface area contributed by atoms with Crippen molar-refractivity contribution in [1.82, 2.24) is 5.32 Å². The number of hydrogen-bond donors (Lipinski definition) is 2. The van der Waals surface area contributed by atoms with Gasteiger partial charge in [-0.3, -0.25) is 9.59 Å². The molecule has 5 nitrogen and oxygen atoms in total. The maximum absolute atomic E-state index is 12.2. The standard InChI is InChI=1S/C17H20N2O3S/c1-11(9-15-8-3-12(2)23-15)19-17(21)13-4-6-14(7-5-13)22-10-16(18)20/h3-8,11H,9-10H2,1-2H3,(H2,18,20)(H,19,21). The first-order valence-corrected chi connectivity index (χ1v) is 8.13. The molecule has 6 heteroatoms. The molecule has 0 saturated heterocycles. The molecule has 0 radical (unpaired) electrons. The largest absolute Gasteiger partial charge is 0.484 e. The number of hydrogen-bond acceptors (Lipinski definition) is 4. The molecule has 0 saturated carbocycles. The van der Waals surface area contributed by atoms with Gasteiger partial charge in [0.1, 0.15) is 5.75 Å². The molecule has 2 rings (SSSR count). The van der Waals surface area contributed by atoms with Crippen LogP contribution in [0.1, 0.15) is 27.0 Å². The van der Waals surface area contributed by atoms with Gasteiger partial charge in [0.15, 0.2) is 6.61 Å². The number of thiophene rings is 1. The summed E-state index contributed by atoms with van der Waals surface area (Å²) in [5.41, 5.74) is 5.56. The first-order chi connectivity index (χ1) is 10.9. The van der Waals surface area contributed by atoms with Gasteiger partial charge < -0.3 is 15.8 Å². The summed E-state index contributed by atoms with van der Waals surface area (Å²) in [5.74, 6) is -0.167. The number of nitrogens with one attached hydrogen (secondary N) is 1. The summed E-state index contributed by atoms with van der Waals surface area (Å²) in [4.78, 5) is 25.4. The highest BCUT2D eigenvalue weighted by Crippen LogP contribution is 2.17. The first kappa shape index (κ1) is 17.0. The predicted octanol–water partition coefficient (Wildman–Crippen LogP) is 2.28. The van der Waals surface area contributed by atoms with E-state index in [4.69, 9.17) is 10.5 Å². The van der Waals surface area contributed by atoms with Gasteiger partial charge in [-0.05, 0) is 50.2 Å².